The third kappa shape index (κ3) is 2.72. The number of methoxy groups -OCH3 is 1. The lowest BCUT2D eigenvalue weighted by Gasteiger charge is -2.18. The summed E-state index contributed by atoms with van der Waals surface area (Å²) in [5, 5.41) is 0. The van der Waals surface area contributed by atoms with Crippen LogP contribution in [0.3, 0.4) is 0 Å². The summed E-state index contributed by atoms with van der Waals surface area (Å²) < 4.78 is 5.32. The monoisotopic (exact) mass is 229 g/mol. The Morgan fingerprint density at radius 1 is 1.24 bits per heavy atom. The van der Waals surface area contributed by atoms with E-state index in [0.717, 1.165) is 23.7 Å². The molecule has 1 heterocycles. The van der Waals surface area contributed by atoms with Crippen LogP contribution in [0.4, 0.5) is 5.82 Å². The van der Waals surface area contributed by atoms with Crippen molar-refractivity contribution >= 4 is 5.82 Å². The summed E-state index contributed by atoms with van der Waals surface area (Å²) >= 11 is 0. The van der Waals surface area contributed by atoms with E-state index in [0.29, 0.717) is 0 Å². The van der Waals surface area contributed by atoms with Crippen LogP contribution < -0.4 is 9.64 Å². The van der Waals surface area contributed by atoms with E-state index in [9.17, 15) is 0 Å². The molecule has 88 valence electrons. The Morgan fingerprint density at radius 3 is 2.76 bits per heavy atom. The van der Waals surface area contributed by atoms with Crippen molar-refractivity contribution in [1.82, 2.24) is 9.97 Å². The molecule has 0 N–H and O–H groups in total. The third-order valence-corrected chi connectivity index (χ3v) is 2.54. The lowest BCUT2D eigenvalue weighted by Crippen LogP contribution is -2.18. The maximum Gasteiger partial charge on any atom is 0.147 e. The fourth-order valence-electron chi connectivity index (χ4n) is 1.66. The van der Waals surface area contributed by atoms with Crippen molar-refractivity contribution < 1.29 is 4.74 Å². The molecule has 0 saturated carbocycles. The number of hydrogen-bond acceptors (Lipinski definition) is 4. The van der Waals surface area contributed by atoms with Gasteiger partial charge in [0, 0.05) is 31.5 Å². The molecule has 1 aromatic carbocycles. The third-order valence-electron chi connectivity index (χ3n) is 2.54. The first-order valence-corrected chi connectivity index (χ1v) is 5.40. The van der Waals surface area contributed by atoms with Gasteiger partial charge in [-0.05, 0) is 6.07 Å². The van der Waals surface area contributed by atoms with Gasteiger partial charge in [-0.2, -0.15) is 0 Å². The minimum atomic E-state index is 0.739. The van der Waals surface area contributed by atoms with Crippen molar-refractivity contribution in [2.45, 2.75) is 6.54 Å². The molecule has 0 amide bonds. The quantitative estimate of drug-likeness (QED) is 0.805. The van der Waals surface area contributed by atoms with E-state index >= 15 is 0 Å². The smallest absolute Gasteiger partial charge is 0.147 e. The Kier molecular flexibility index (Phi) is 3.55. The van der Waals surface area contributed by atoms with Crippen molar-refractivity contribution in [3.63, 3.8) is 0 Å². The number of nitrogens with zero attached hydrogens (tertiary/aromatic N) is 3. The van der Waals surface area contributed by atoms with E-state index in [2.05, 4.69) is 9.97 Å². The molecule has 0 unspecified atom stereocenters. The van der Waals surface area contributed by atoms with Gasteiger partial charge < -0.3 is 9.64 Å². The molecule has 17 heavy (non-hydrogen) atoms. The molecule has 0 aliphatic rings. The van der Waals surface area contributed by atoms with Crippen LogP contribution in [-0.2, 0) is 6.54 Å². The molecule has 4 nitrogen and oxygen atoms in total. The van der Waals surface area contributed by atoms with Crippen LogP contribution in [0.1, 0.15) is 5.56 Å². The zero-order valence-electron chi connectivity index (χ0n) is 10.00. The molecule has 0 saturated heterocycles. The number of hydrogen-bond donors (Lipinski definition) is 0. The second-order valence-electron chi connectivity index (χ2n) is 3.73. The topological polar surface area (TPSA) is 38.2 Å². The average Bonchev–Trinajstić information content (AvgIpc) is 2.40. The molecule has 2 aromatic rings. The van der Waals surface area contributed by atoms with Crippen LogP contribution in [-0.4, -0.2) is 24.1 Å². The van der Waals surface area contributed by atoms with Gasteiger partial charge in [-0.3, -0.25) is 4.98 Å². The van der Waals surface area contributed by atoms with E-state index in [1.54, 1.807) is 25.7 Å². The molecule has 0 radical (unpaired) electrons. The van der Waals surface area contributed by atoms with Gasteiger partial charge in [0.1, 0.15) is 11.6 Å². The van der Waals surface area contributed by atoms with Crippen molar-refractivity contribution in [3.8, 4) is 5.75 Å². The minimum Gasteiger partial charge on any atom is -0.496 e. The van der Waals surface area contributed by atoms with E-state index < -0.39 is 0 Å². The maximum absolute atomic E-state index is 5.32. The van der Waals surface area contributed by atoms with Crippen molar-refractivity contribution in [1.29, 1.82) is 0 Å². The SMILES string of the molecule is COc1ccccc1CN(C)c1cnccn1. The zero-order chi connectivity index (χ0) is 12.1. The number of aromatic nitrogens is 2. The fourth-order valence-corrected chi connectivity index (χ4v) is 1.66. The van der Waals surface area contributed by atoms with Crippen molar-refractivity contribution in [2.75, 3.05) is 19.1 Å². The number of para-hydroxylation sites is 1. The first-order chi connectivity index (χ1) is 8.31. The lowest BCUT2D eigenvalue weighted by molar-refractivity contribution is 0.409. The van der Waals surface area contributed by atoms with Gasteiger partial charge in [-0.15, -0.1) is 0 Å². The highest BCUT2D eigenvalue weighted by Crippen LogP contribution is 2.20. The standard InChI is InChI=1S/C13H15N3O/c1-16(13-9-14-7-8-15-13)10-11-5-3-4-6-12(11)17-2/h3-9H,10H2,1-2H3. The highest BCUT2D eigenvalue weighted by Gasteiger charge is 2.07. The Labute approximate surface area is 101 Å². The van der Waals surface area contributed by atoms with Crippen LogP contribution in [0.2, 0.25) is 0 Å². The summed E-state index contributed by atoms with van der Waals surface area (Å²) in [7, 11) is 3.66. The molecule has 1 aromatic heterocycles. The van der Waals surface area contributed by atoms with Gasteiger partial charge in [0.25, 0.3) is 0 Å². The Hall–Kier alpha value is -2.10. The van der Waals surface area contributed by atoms with Gasteiger partial charge in [0.05, 0.1) is 13.3 Å². The Morgan fingerprint density at radius 2 is 2.06 bits per heavy atom. The highest BCUT2D eigenvalue weighted by molar-refractivity contribution is 5.40. The molecule has 0 fully saturated rings. The van der Waals surface area contributed by atoms with E-state index in [1.807, 2.05) is 36.2 Å². The summed E-state index contributed by atoms with van der Waals surface area (Å²) in [6, 6.07) is 7.97. The number of anilines is 1. The van der Waals surface area contributed by atoms with Gasteiger partial charge >= 0.3 is 0 Å². The summed E-state index contributed by atoms with van der Waals surface area (Å²) in [5.74, 6) is 1.74. The molecule has 2 rings (SSSR count). The average molecular weight is 229 g/mol. The van der Waals surface area contributed by atoms with E-state index in [1.165, 1.54) is 0 Å². The normalized spacial score (nSPS) is 10.0. The largest absolute Gasteiger partial charge is 0.496 e. The molecule has 0 aliphatic carbocycles. The molecule has 0 bridgehead atoms. The van der Waals surface area contributed by atoms with Crippen molar-refractivity contribution in [2.24, 2.45) is 0 Å². The molecular formula is C13H15N3O. The predicted molar refractivity (Wildman–Crippen MR) is 67.1 cm³/mol. The van der Waals surface area contributed by atoms with Gasteiger partial charge in [-0.25, -0.2) is 4.98 Å². The number of rotatable bonds is 4. The van der Waals surface area contributed by atoms with Crippen LogP contribution in [0.15, 0.2) is 42.9 Å². The molecule has 0 spiro atoms. The first-order valence-electron chi connectivity index (χ1n) is 5.40. The first kappa shape index (κ1) is 11.4. The molecular weight excluding hydrogens is 214 g/mol. The number of ether oxygens (including phenoxy) is 1. The fraction of sp³-hybridized carbons (Fsp3) is 0.231. The number of benzene rings is 1. The molecule has 4 heteroatoms. The maximum atomic E-state index is 5.32. The summed E-state index contributed by atoms with van der Waals surface area (Å²) in [4.78, 5) is 10.3. The summed E-state index contributed by atoms with van der Waals surface area (Å²) in [5.41, 5.74) is 1.13. The zero-order valence-corrected chi connectivity index (χ0v) is 10.00. The lowest BCUT2D eigenvalue weighted by atomic mass is 10.2. The minimum absolute atomic E-state index is 0.739. The van der Waals surface area contributed by atoms with Crippen LogP contribution in [0.5, 0.6) is 5.75 Å². The summed E-state index contributed by atoms with van der Waals surface area (Å²) in [6.07, 6.45) is 5.10. The molecule has 0 atom stereocenters. The highest BCUT2D eigenvalue weighted by atomic mass is 16.5. The van der Waals surface area contributed by atoms with E-state index in [-0.39, 0.29) is 0 Å². The second-order valence-corrected chi connectivity index (χ2v) is 3.73. The van der Waals surface area contributed by atoms with Gasteiger partial charge in [0.2, 0.25) is 0 Å². The molecule has 0 aliphatic heterocycles. The Balaban J connectivity index is 2.16. The summed E-state index contributed by atoms with van der Waals surface area (Å²) in [6.45, 7) is 0.739. The van der Waals surface area contributed by atoms with E-state index in [4.69, 9.17) is 4.74 Å². The van der Waals surface area contributed by atoms with Crippen LogP contribution >= 0.6 is 0 Å². The second kappa shape index (κ2) is 5.30. The van der Waals surface area contributed by atoms with Crippen LogP contribution in [0.25, 0.3) is 0 Å². The Bertz CT molecular complexity index is 473. The van der Waals surface area contributed by atoms with Gasteiger partial charge in [0.15, 0.2) is 0 Å². The van der Waals surface area contributed by atoms with Gasteiger partial charge in [-0.1, -0.05) is 18.2 Å². The van der Waals surface area contributed by atoms with Crippen molar-refractivity contribution in [3.05, 3.63) is 48.4 Å². The predicted octanol–water partition coefficient (Wildman–Crippen LogP) is 2.12. The van der Waals surface area contributed by atoms with Crippen LogP contribution in [0, 0.1) is 0 Å².